The van der Waals surface area contributed by atoms with E-state index in [9.17, 15) is 14.4 Å². The Hall–Kier alpha value is -2.42. The first-order valence-corrected chi connectivity index (χ1v) is 10.9. The normalized spacial score (nSPS) is 26.1. The maximum absolute atomic E-state index is 13.0. The van der Waals surface area contributed by atoms with E-state index in [1.165, 1.54) is 11.7 Å². The van der Waals surface area contributed by atoms with Gasteiger partial charge in [0.15, 0.2) is 5.65 Å². The summed E-state index contributed by atoms with van der Waals surface area (Å²) in [6.45, 7) is 4.79. The number of nitrogens with zero attached hydrogens (tertiary/aromatic N) is 3. The molecule has 164 valence electrons. The number of carbonyl (C=O) groups is 1. The Morgan fingerprint density at radius 1 is 1.20 bits per heavy atom. The molecule has 30 heavy (non-hydrogen) atoms. The van der Waals surface area contributed by atoms with Crippen LogP contribution in [0.5, 0.6) is 0 Å². The van der Waals surface area contributed by atoms with Crippen molar-refractivity contribution in [3.8, 4) is 0 Å². The van der Waals surface area contributed by atoms with Crippen LogP contribution in [-0.2, 0) is 33.0 Å². The minimum atomic E-state index is -0.665. The number of hydrogen-bond donors (Lipinski definition) is 1. The molecule has 3 unspecified atom stereocenters. The lowest BCUT2D eigenvalue weighted by Gasteiger charge is -2.46. The summed E-state index contributed by atoms with van der Waals surface area (Å²) in [6, 6.07) is 0. The standard InChI is InChI=1S/C21H30N4O5/c1-4-11-24-16-15(17(26)25(12-5-2)20(24)28)22-19(23-16)21-9-6-7-14(30-21)13(8-10-21)18(27)29-3/h13-14H,4-12H2,1-3H3,(H,22,23). The third-order valence-electron chi connectivity index (χ3n) is 6.45. The molecular weight excluding hydrogens is 388 g/mol. The summed E-state index contributed by atoms with van der Waals surface area (Å²) in [4.78, 5) is 46.0. The first kappa shape index (κ1) is 20.8. The quantitative estimate of drug-likeness (QED) is 0.720. The second kappa shape index (κ2) is 8.02. The van der Waals surface area contributed by atoms with Crippen LogP contribution in [0.3, 0.4) is 0 Å². The van der Waals surface area contributed by atoms with Crippen LogP contribution in [-0.4, -0.2) is 38.3 Å². The molecule has 4 rings (SSSR count). The summed E-state index contributed by atoms with van der Waals surface area (Å²) in [7, 11) is 1.40. The predicted molar refractivity (Wildman–Crippen MR) is 110 cm³/mol. The molecule has 2 saturated heterocycles. The number of rotatable bonds is 6. The zero-order valence-corrected chi connectivity index (χ0v) is 17.9. The van der Waals surface area contributed by atoms with E-state index in [-0.39, 0.29) is 29.2 Å². The van der Waals surface area contributed by atoms with Gasteiger partial charge in [0.25, 0.3) is 5.56 Å². The third kappa shape index (κ3) is 3.19. The van der Waals surface area contributed by atoms with Gasteiger partial charge in [0.2, 0.25) is 0 Å². The van der Waals surface area contributed by atoms with Gasteiger partial charge in [0.1, 0.15) is 16.9 Å². The maximum Gasteiger partial charge on any atom is 0.332 e. The minimum absolute atomic E-state index is 0.220. The van der Waals surface area contributed by atoms with Crippen LogP contribution >= 0.6 is 0 Å². The second-order valence-electron chi connectivity index (χ2n) is 8.39. The van der Waals surface area contributed by atoms with Gasteiger partial charge in [-0.3, -0.25) is 18.7 Å². The fourth-order valence-corrected chi connectivity index (χ4v) is 4.98. The van der Waals surface area contributed by atoms with Gasteiger partial charge in [-0.1, -0.05) is 13.8 Å². The maximum atomic E-state index is 13.0. The number of ether oxygens (including phenoxy) is 2. The first-order valence-electron chi connectivity index (χ1n) is 10.9. The highest BCUT2D eigenvalue weighted by molar-refractivity contribution is 5.73. The molecule has 0 radical (unpaired) electrons. The number of aryl methyl sites for hydroxylation is 1. The lowest BCUT2D eigenvalue weighted by molar-refractivity contribution is -0.203. The van der Waals surface area contributed by atoms with Crippen LogP contribution in [0.25, 0.3) is 11.2 Å². The van der Waals surface area contributed by atoms with Crippen molar-refractivity contribution in [3.05, 3.63) is 26.7 Å². The van der Waals surface area contributed by atoms with Gasteiger partial charge < -0.3 is 14.5 Å². The number of fused-ring (bicyclic) bond motifs is 3. The Kier molecular flexibility index (Phi) is 5.57. The molecule has 4 heterocycles. The molecule has 0 amide bonds. The van der Waals surface area contributed by atoms with E-state index < -0.39 is 5.60 Å². The summed E-state index contributed by atoms with van der Waals surface area (Å²) in [5.74, 6) is 0.0771. The lowest BCUT2D eigenvalue weighted by atomic mass is 9.76. The van der Waals surface area contributed by atoms with Crippen molar-refractivity contribution in [1.29, 1.82) is 0 Å². The van der Waals surface area contributed by atoms with Crippen molar-refractivity contribution in [2.24, 2.45) is 5.92 Å². The van der Waals surface area contributed by atoms with Crippen molar-refractivity contribution < 1.29 is 14.3 Å². The Morgan fingerprint density at radius 2 is 1.93 bits per heavy atom. The average molecular weight is 418 g/mol. The number of nitrogens with one attached hydrogen (secondary N) is 1. The average Bonchev–Trinajstić information content (AvgIpc) is 3.20. The number of aromatic nitrogens is 4. The molecule has 0 aromatic carbocycles. The Labute approximate surface area is 174 Å². The number of carbonyl (C=O) groups excluding carboxylic acids is 1. The Morgan fingerprint density at radius 3 is 2.63 bits per heavy atom. The van der Waals surface area contributed by atoms with Gasteiger partial charge in [-0.2, -0.15) is 0 Å². The molecule has 9 heteroatoms. The van der Waals surface area contributed by atoms with Gasteiger partial charge in [-0.05, 0) is 44.9 Å². The highest BCUT2D eigenvalue weighted by Crippen LogP contribution is 2.47. The summed E-state index contributed by atoms with van der Waals surface area (Å²) in [6.07, 6.45) is 4.95. The van der Waals surface area contributed by atoms with Crippen LogP contribution in [0.15, 0.2) is 9.59 Å². The number of imidazole rings is 1. The van der Waals surface area contributed by atoms with E-state index in [4.69, 9.17) is 14.5 Å². The Bertz CT molecular complexity index is 1070. The van der Waals surface area contributed by atoms with Gasteiger partial charge in [0, 0.05) is 13.1 Å². The minimum Gasteiger partial charge on any atom is -0.469 e. The molecule has 1 N–H and O–H groups in total. The number of H-pyrrole nitrogens is 1. The van der Waals surface area contributed by atoms with Crippen LogP contribution in [0.2, 0.25) is 0 Å². The molecule has 9 nitrogen and oxygen atoms in total. The monoisotopic (exact) mass is 418 g/mol. The molecule has 2 aromatic rings. The number of aromatic amines is 1. The van der Waals surface area contributed by atoms with Gasteiger partial charge in [-0.15, -0.1) is 0 Å². The predicted octanol–water partition coefficient (Wildman–Crippen LogP) is 2.05. The molecule has 2 aliphatic rings. The smallest absolute Gasteiger partial charge is 0.332 e. The first-order chi connectivity index (χ1) is 14.5. The van der Waals surface area contributed by atoms with Crippen molar-refractivity contribution in [1.82, 2.24) is 19.1 Å². The van der Waals surface area contributed by atoms with Gasteiger partial charge >= 0.3 is 11.7 Å². The third-order valence-corrected chi connectivity index (χ3v) is 6.45. The molecule has 3 atom stereocenters. The van der Waals surface area contributed by atoms with Crippen LogP contribution in [0.4, 0.5) is 0 Å². The second-order valence-corrected chi connectivity index (χ2v) is 8.39. The zero-order chi connectivity index (χ0) is 21.5. The van der Waals surface area contributed by atoms with E-state index in [1.54, 1.807) is 4.57 Å². The van der Waals surface area contributed by atoms with Crippen molar-refractivity contribution in [2.45, 2.75) is 83.6 Å². The molecule has 2 fully saturated rings. The van der Waals surface area contributed by atoms with E-state index in [1.807, 2.05) is 13.8 Å². The fourth-order valence-electron chi connectivity index (χ4n) is 4.98. The van der Waals surface area contributed by atoms with Crippen LogP contribution in [0.1, 0.15) is 64.6 Å². The van der Waals surface area contributed by atoms with E-state index in [2.05, 4.69) is 4.98 Å². The summed E-state index contributed by atoms with van der Waals surface area (Å²) in [5, 5.41) is 0. The number of esters is 1. The number of hydrogen-bond acceptors (Lipinski definition) is 6. The van der Waals surface area contributed by atoms with Crippen molar-refractivity contribution in [3.63, 3.8) is 0 Å². The molecule has 2 aromatic heterocycles. The molecule has 0 aliphatic carbocycles. The molecular formula is C21H30N4O5. The van der Waals surface area contributed by atoms with Crippen LogP contribution < -0.4 is 11.2 Å². The summed E-state index contributed by atoms with van der Waals surface area (Å²) in [5.41, 5.74) is -0.577. The van der Waals surface area contributed by atoms with E-state index in [0.29, 0.717) is 49.3 Å². The highest BCUT2D eigenvalue weighted by Gasteiger charge is 2.50. The van der Waals surface area contributed by atoms with Gasteiger partial charge in [0.05, 0.1) is 19.1 Å². The Balaban J connectivity index is 1.81. The molecule has 0 saturated carbocycles. The van der Waals surface area contributed by atoms with E-state index in [0.717, 1.165) is 25.7 Å². The summed E-state index contributed by atoms with van der Waals surface area (Å²) >= 11 is 0. The van der Waals surface area contributed by atoms with E-state index >= 15 is 0 Å². The number of methoxy groups -OCH3 is 1. The topological polar surface area (TPSA) is 108 Å². The molecule has 0 spiro atoms. The summed E-state index contributed by atoms with van der Waals surface area (Å²) < 4.78 is 14.2. The lowest BCUT2D eigenvalue weighted by Crippen LogP contribution is -2.49. The highest BCUT2D eigenvalue weighted by atomic mass is 16.5. The molecule has 2 aliphatic heterocycles. The van der Waals surface area contributed by atoms with Crippen LogP contribution in [0, 0.1) is 5.92 Å². The van der Waals surface area contributed by atoms with Crippen molar-refractivity contribution in [2.75, 3.05) is 7.11 Å². The largest absolute Gasteiger partial charge is 0.469 e. The van der Waals surface area contributed by atoms with Gasteiger partial charge in [-0.25, -0.2) is 9.78 Å². The zero-order valence-electron chi connectivity index (χ0n) is 17.9. The SMILES string of the molecule is CCCn1c(=O)c2[nH]c(C34CCCC(O3)C(C(=O)OC)CC4)nc2n(CCC)c1=O. The fraction of sp³-hybridized carbons (Fsp3) is 0.714. The van der Waals surface area contributed by atoms with Crippen molar-refractivity contribution >= 4 is 17.1 Å². The molecule has 2 bridgehead atoms.